The van der Waals surface area contributed by atoms with E-state index in [0.717, 1.165) is 5.56 Å². The second kappa shape index (κ2) is 7.41. The summed E-state index contributed by atoms with van der Waals surface area (Å²) in [4.78, 5) is 12.6. The predicted molar refractivity (Wildman–Crippen MR) is 93.2 cm³/mol. The molecular formula is C18H22N2O4S. The van der Waals surface area contributed by atoms with Crippen LogP contribution < -0.4 is 5.32 Å². The van der Waals surface area contributed by atoms with Gasteiger partial charge in [0.15, 0.2) is 0 Å². The van der Waals surface area contributed by atoms with Crippen LogP contribution in [0.15, 0.2) is 52.0 Å². The summed E-state index contributed by atoms with van der Waals surface area (Å²) in [6.07, 6.45) is 2.91. The largest absolute Gasteiger partial charge is 0.467 e. The monoisotopic (exact) mass is 362 g/mol. The minimum Gasteiger partial charge on any atom is -0.467 e. The molecule has 1 N–H and O–H groups in total. The molecule has 25 heavy (non-hydrogen) atoms. The van der Waals surface area contributed by atoms with E-state index in [9.17, 15) is 13.2 Å². The Balaban J connectivity index is 1.65. The minimum absolute atomic E-state index is 0.139. The lowest BCUT2D eigenvalue weighted by Crippen LogP contribution is -2.45. The molecule has 7 heteroatoms. The lowest BCUT2D eigenvalue weighted by molar-refractivity contribution is -0.126. The molecule has 0 bridgehead atoms. The Hall–Kier alpha value is -2.12. The summed E-state index contributed by atoms with van der Waals surface area (Å²) in [6.45, 7) is 2.88. The maximum absolute atomic E-state index is 12.8. The summed E-state index contributed by atoms with van der Waals surface area (Å²) in [5.74, 6) is 0.192. The van der Waals surface area contributed by atoms with Crippen molar-refractivity contribution in [3.05, 3.63) is 54.0 Å². The Morgan fingerprint density at radius 2 is 2.04 bits per heavy atom. The van der Waals surface area contributed by atoms with Gasteiger partial charge in [-0.05, 0) is 44.0 Å². The number of carbonyl (C=O) groups excluding carboxylic acids is 1. The van der Waals surface area contributed by atoms with Gasteiger partial charge in [0.2, 0.25) is 15.9 Å². The number of sulfonamides is 1. The van der Waals surface area contributed by atoms with E-state index in [1.165, 1.54) is 4.31 Å². The maximum atomic E-state index is 12.8. The first-order chi connectivity index (χ1) is 12.0. The van der Waals surface area contributed by atoms with Crippen LogP contribution in [-0.4, -0.2) is 31.7 Å². The van der Waals surface area contributed by atoms with Crippen LogP contribution >= 0.6 is 0 Å². The third-order valence-electron chi connectivity index (χ3n) is 4.43. The Kier molecular flexibility index (Phi) is 5.24. The molecule has 1 aliphatic heterocycles. The van der Waals surface area contributed by atoms with Crippen LogP contribution in [0.1, 0.15) is 24.2 Å². The van der Waals surface area contributed by atoms with Gasteiger partial charge in [-0.25, -0.2) is 8.42 Å². The van der Waals surface area contributed by atoms with Gasteiger partial charge in [-0.3, -0.25) is 4.79 Å². The minimum atomic E-state index is -3.57. The van der Waals surface area contributed by atoms with Gasteiger partial charge in [-0.2, -0.15) is 4.31 Å². The third kappa shape index (κ3) is 4.11. The number of nitrogens with zero attached hydrogens (tertiary/aromatic N) is 1. The number of amides is 1. The SMILES string of the molecule is Cc1ccc(S(=O)(=O)N2CCC[C@H](C(=O)NCc3ccco3)C2)cc1. The molecule has 0 spiro atoms. The van der Waals surface area contributed by atoms with Crippen molar-refractivity contribution in [1.82, 2.24) is 9.62 Å². The highest BCUT2D eigenvalue weighted by Gasteiger charge is 2.33. The first kappa shape index (κ1) is 17.7. The number of hydrogen-bond acceptors (Lipinski definition) is 4. The smallest absolute Gasteiger partial charge is 0.243 e. The highest BCUT2D eigenvalue weighted by molar-refractivity contribution is 7.89. The Morgan fingerprint density at radius 1 is 1.28 bits per heavy atom. The highest BCUT2D eigenvalue weighted by atomic mass is 32.2. The fourth-order valence-corrected chi connectivity index (χ4v) is 4.49. The molecule has 0 saturated carbocycles. The van der Waals surface area contributed by atoms with Crippen LogP contribution in [0.3, 0.4) is 0 Å². The van der Waals surface area contributed by atoms with Crippen molar-refractivity contribution >= 4 is 15.9 Å². The topological polar surface area (TPSA) is 79.6 Å². The number of hydrogen-bond donors (Lipinski definition) is 1. The van der Waals surface area contributed by atoms with Gasteiger partial charge >= 0.3 is 0 Å². The quantitative estimate of drug-likeness (QED) is 0.885. The molecule has 0 unspecified atom stereocenters. The van der Waals surface area contributed by atoms with Crippen molar-refractivity contribution in [3.63, 3.8) is 0 Å². The number of nitrogens with one attached hydrogen (secondary N) is 1. The zero-order valence-electron chi connectivity index (χ0n) is 14.1. The number of piperidine rings is 1. The van der Waals surface area contributed by atoms with Gasteiger partial charge < -0.3 is 9.73 Å². The summed E-state index contributed by atoms with van der Waals surface area (Å²) in [7, 11) is -3.57. The molecule has 6 nitrogen and oxygen atoms in total. The fraction of sp³-hybridized carbons (Fsp3) is 0.389. The Bertz CT molecular complexity index is 813. The van der Waals surface area contributed by atoms with E-state index < -0.39 is 10.0 Å². The van der Waals surface area contributed by atoms with Crippen molar-refractivity contribution in [2.75, 3.05) is 13.1 Å². The predicted octanol–water partition coefficient (Wildman–Crippen LogP) is 2.31. The molecule has 1 aromatic heterocycles. The number of rotatable bonds is 5. The summed E-state index contributed by atoms with van der Waals surface area (Å²) < 4.78 is 32.2. The van der Waals surface area contributed by atoms with Crippen LogP contribution in [0, 0.1) is 12.8 Å². The molecule has 1 aromatic carbocycles. The van der Waals surface area contributed by atoms with E-state index in [-0.39, 0.29) is 23.3 Å². The molecule has 0 aliphatic carbocycles. The van der Waals surface area contributed by atoms with Crippen LogP contribution in [0.25, 0.3) is 0 Å². The fourth-order valence-electron chi connectivity index (χ4n) is 2.97. The average Bonchev–Trinajstić information content (AvgIpc) is 3.14. The summed E-state index contributed by atoms with van der Waals surface area (Å²) in [5, 5.41) is 2.82. The van der Waals surface area contributed by atoms with Crippen LogP contribution in [0.5, 0.6) is 0 Å². The molecule has 1 saturated heterocycles. The van der Waals surface area contributed by atoms with Crippen molar-refractivity contribution in [2.24, 2.45) is 5.92 Å². The lowest BCUT2D eigenvalue weighted by Gasteiger charge is -2.31. The number of carbonyl (C=O) groups is 1. The number of benzene rings is 1. The van der Waals surface area contributed by atoms with E-state index in [1.54, 1.807) is 42.7 Å². The molecule has 1 amide bonds. The molecular weight excluding hydrogens is 340 g/mol. The zero-order valence-corrected chi connectivity index (χ0v) is 15.0. The Morgan fingerprint density at radius 3 is 2.72 bits per heavy atom. The summed E-state index contributed by atoms with van der Waals surface area (Å²) in [5.41, 5.74) is 1.01. The van der Waals surface area contributed by atoms with E-state index >= 15 is 0 Å². The molecule has 1 fully saturated rings. The van der Waals surface area contributed by atoms with Crippen molar-refractivity contribution in [3.8, 4) is 0 Å². The maximum Gasteiger partial charge on any atom is 0.243 e. The molecule has 1 aliphatic rings. The van der Waals surface area contributed by atoms with Crippen molar-refractivity contribution in [2.45, 2.75) is 31.2 Å². The van der Waals surface area contributed by atoms with Gasteiger partial charge in [-0.1, -0.05) is 17.7 Å². The van der Waals surface area contributed by atoms with E-state index in [4.69, 9.17) is 4.42 Å². The number of aryl methyl sites for hydroxylation is 1. The molecule has 134 valence electrons. The van der Waals surface area contributed by atoms with Gasteiger partial charge in [0.25, 0.3) is 0 Å². The first-order valence-corrected chi connectivity index (χ1v) is 9.78. The van der Waals surface area contributed by atoms with Crippen LogP contribution in [0.2, 0.25) is 0 Å². The number of furan rings is 1. The second-order valence-electron chi connectivity index (χ2n) is 6.31. The van der Waals surface area contributed by atoms with Gasteiger partial charge in [0, 0.05) is 13.1 Å². The van der Waals surface area contributed by atoms with Crippen molar-refractivity contribution < 1.29 is 17.6 Å². The standard InChI is InChI=1S/C18H22N2O4S/c1-14-6-8-17(9-7-14)25(22,23)20-10-2-4-15(13-20)18(21)19-12-16-5-3-11-24-16/h3,5-9,11,15H,2,4,10,12-13H2,1H3,(H,19,21)/t15-/m0/s1. The molecule has 2 aromatic rings. The Labute approximate surface area is 147 Å². The average molecular weight is 362 g/mol. The summed E-state index contributed by atoms with van der Waals surface area (Å²) in [6, 6.07) is 10.3. The highest BCUT2D eigenvalue weighted by Crippen LogP contribution is 2.24. The zero-order chi connectivity index (χ0) is 17.9. The lowest BCUT2D eigenvalue weighted by atomic mass is 9.99. The second-order valence-corrected chi connectivity index (χ2v) is 8.25. The van der Waals surface area contributed by atoms with Crippen LogP contribution in [0.4, 0.5) is 0 Å². The molecule has 1 atom stereocenters. The van der Waals surface area contributed by atoms with Crippen molar-refractivity contribution in [1.29, 1.82) is 0 Å². The van der Waals surface area contributed by atoms with E-state index in [2.05, 4.69) is 5.32 Å². The van der Waals surface area contributed by atoms with E-state index in [1.807, 2.05) is 6.92 Å². The summed E-state index contributed by atoms with van der Waals surface area (Å²) >= 11 is 0. The van der Waals surface area contributed by atoms with Crippen LogP contribution in [-0.2, 0) is 21.4 Å². The molecule has 3 rings (SSSR count). The molecule has 2 heterocycles. The van der Waals surface area contributed by atoms with Gasteiger partial charge in [0.1, 0.15) is 5.76 Å². The third-order valence-corrected chi connectivity index (χ3v) is 6.31. The first-order valence-electron chi connectivity index (χ1n) is 8.34. The normalized spacial score (nSPS) is 18.8. The van der Waals surface area contributed by atoms with Gasteiger partial charge in [0.05, 0.1) is 23.6 Å². The van der Waals surface area contributed by atoms with E-state index in [0.29, 0.717) is 31.7 Å². The van der Waals surface area contributed by atoms with Gasteiger partial charge in [-0.15, -0.1) is 0 Å². The molecule has 0 radical (unpaired) electrons.